The molecular weight excluding hydrogens is 244 g/mol. The second kappa shape index (κ2) is 6.34. The van der Waals surface area contributed by atoms with E-state index in [9.17, 15) is 9.59 Å². The lowest BCUT2D eigenvalue weighted by atomic mass is 10.1. The molecule has 0 bridgehead atoms. The zero-order valence-corrected chi connectivity index (χ0v) is 11.8. The number of hydrogen-bond acceptors (Lipinski definition) is 4. The summed E-state index contributed by atoms with van der Waals surface area (Å²) in [7, 11) is 1.64. The fourth-order valence-corrected chi connectivity index (χ4v) is 2.97. The first-order chi connectivity index (χ1) is 9.15. The smallest absolute Gasteiger partial charge is 0.240 e. The van der Waals surface area contributed by atoms with Crippen LogP contribution in [0.3, 0.4) is 0 Å². The van der Waals surface area contributed by atoms with Crippen LogP contribution in [0.15, 0.2) is 0 Å². The topological polar surface area (TPSA) is 64.7 Å². The first kappa shape index (κ1) is 14.3. The predicted molar refractivity (Wildman–Crippen MR) is 72.7 cm³/mol. The fraction of sp³-hybridized carbons (Fsp3) is 0.846. The summed E-state index contributed by atoms with van der Waals surface area (Å²) in [6.07, 6.45) is 1.86. The molecule has 2 fully saturated rings. The van der Waals surface area contributed by atoms with E-state index in [-0.39, 0.29) is 23.9 Å². The fourth-order valence-electron chi connectivity index (χ4n) is 2.97. The number of rotatable bonds is 3. The van der Waals surface area contributed by atoms with Crippen molar-refractivity contribution in [1.29, 1.82) is 0 Å². The van der Waals surface area contributed by atoms with Crippen LogP contribution in [0.4, 0.5) is 0 Å². The van der Waals surface area contributed by atoms with Crippen molar-refractivity contribution in [3.63, 3.8) is 0 Å². The van der Waals surface area contributed by atoms with Crippen molar-refractivity contribution < 1.29 is 9.59 Å². The number of piperazine rings is 1. The summed E-state index contributed by atoms with van der Waals surface area (Å²) >= 11 is 0. The first-order valence-corrected chi connectivity index (χ1v) is 7.12. The zero-order valence-electron chi connectivity index (χ0n) is 11.8. The molecule has 0 aromatic heterocycles. The van der Waals surface area contributed by atoms with Gasteiger partial charge < -0.3 is 15.5 Å². The van der Waals surface area contributed by atoms with E-state index in [0.717, 1.165) is 45.6 Å². The maximum atomic E-state index is 12.6. The van der Waals surface area contributed by atoms with Gasteiger partial charge in [0, 0.05) is 33.2 Å². The van der Waals surface area contributed by atoms with Gasteiger partial charge in [-0.15, -0.1) is 0 Å². The third-order valence-electron chi connectivity index (χ3n) is 4.13. The minimum Gasteiger partial charge on any atom is -0.358 e. The van der Waals surface area contributed by atoms with Gasteiger partial charge in [-0.05, 0) is 26.3 Å². The summed E-state index contributed by atoms with van der Waals surface area (Å²) in [4.78, 5) is 28.3. The SMILES string of the molecule is CNC(=O)C(C)N1CCCC1C(=O)N1CCNCC1. The summed E-state index contributed by atoms with van der Waals surface area (Å²) in [6, 6.07) is -0.352. The number of likely N-dealkylation sites (tertiary alicyclic amines) is 1. The average Bonchev–Trinajstić information content (AvgIpc) is 2.95. The minimum atomic E-state index is -0.232. The van der Waals surface area contributed by atoms with Crippen LogP contribution in [0.2, 0.25) is 0 Å². The number of carbonyl (C=O) groups excluding carboxylic acids is 2. The van der Waals surface area contributed by atoms with Crippen molar-refractivity contribution in [2.75, 3.05) is 39.8 Å². The van der Waals surface area contributed by atoms with Gasteiger partial charge in [-0.1, -0.05) is 0 Å². The van der Waals surface area contributed by atoms with Crippen molar-refractivity contribution in [3.8, 4) is 0 Å². The van der Waals surface area contributed by atoms with Gasteiger partial charge in [0.1, 0.15) is 0 Å². The van der Waals surface area contributed by atoms with E-state index in [4.69, 9.17) is 0 Å². The number of nitrogens with zero attached hydrogens (tertiary/aromatic N) is 2. The average molecular weight is 268 g/mol. The summed E-state index contributed by atoms with van der Waals surface area (Å²) in [5, 5.41) is 5.92. The Morgan fingerprint density at radius 2 is 1.95 bits per heavy atom. The number of amides is 2. The predicted octanol–water partition coefficient (Wildman–Crippen LogP) is -0.983. The van der Waals surface area contributed by atoms with Crippen LogP contribution in [-0.4, -0.2) is 73.5 Å². The molecule has 108 valence electrons. The Kier molecular flexibility index (Phi) is 4.76. The Labute approximate surface area is 114 Å². The summed E-state index contributed by atoms with van der Waals surface area (Å²) < 4.78 is 0. The zero-order chi connectivity index (χ0) is 13.8. The molecule has 2 N–H and O–H groups in total. The maximum absolute atomic E-state index is 12.6. The Balaban J connectivity index is 2.01. The highest BCUT2D eigenvalue weighted by Crippen LogP contribution is 2.22. The van der Waals surface area contributed by atoms with E-state index in [0.29, 0.717) is 0 Å². The van der Waals surface area contributed by atoms with E-state index in [1.54, 1.807) is 7.05 Å². The van der Waals surface area contributed by atoms with Crippen LogP contribution in [0, 0.1) is 0 Å². The molecule has 2 unspecified atom stereocenters. The molecule has 0 spiro atoms. The van der Waals surface area contributed by atoms with E-state index in [1.165, 1.54) is 0 Å². The van der Waals surface area contributed by atoms with Crippen molar-refractivity contribution >= 4 is 11.8 Å². The highest BCUT2D eigenvalue weighted by molar-refractivity contribution is 5.85. The van der Waals surface area contributed by atoms with Gasteiger partial charge in [0.25, 0.3) is 0 Å². The van der Waals surface area contributed by atoms with E-state index in [2.05, 4.69) is 10.6 Å². The Hall–Kier alpha value is -1.14. The Bertz CT molecular complexity index is 342. The van der Waals surface area contributed by atoms with Gasteiger partial charge in [0.2, 0.25) is 11.8 Å². The number of carbonyl (C=O) groups is 2. The number of likely N-dealkylation sites (N-methyl/N-ethyl adjacent to an activating group) is 1. The van der Waals surface area contributed by atoms with Crippen molar-refractivity contribution in [3.05, 3.63) is 0 Å². The van der Waals surface area contributed by atoms with Gasteiger partial charge in [0.15, 0.2) is 0 Å². The van der Waals surface area contributed by atoms with Gasteiger partial charge in [-0.25, -0.2) is 0 Å². The van der Waals surface area contributed by atoms with Crippen molar-refractivity contribution in [2.45, 2.75) is 31.8 Å². The first-order valence-electron chi connectivity index (χ1n) is 7.12. The molecule has 2 amide bonds. The highest BCUT2D eigenvalue weighted by Gasteiger charge is 2.38. The molecule has 2 rings (SSSR count). The molecular formula is C13H24N4O2. The number of nitrogens with one attached hydrogen (secondary N) is 2. The quantitative estimate of drug-likeness (QED) is 0.690. The third kappa shape index (κ3) is 3.06. The molecule has 2 aliphatic rings. The molecule has 6 nitrogen and oxygen atoms in total. The van der Waals surface area contributed by atoms with Crippen molar-refractivity contribution in [1.82, 2.24) is 20.4 Å². The summed E-state index contributed by atoms with van der Waals surface area (Å²) in [5.74, 6) is 0.176. The standard InChI is InChI=1S/C13H24N4O2/c1-10(12(18)14-2)17-7-3-4-11(17)13(19)16-8-5-15-6-9-16/h10-11,15H,3-9H2,1-2H3,(H,14,18). The van der Waals surface area contributed by atoms with Crippen molar-refractivity contribution in [2.24, 2.45) is 0 Å². The van der Waals surface area contributed by atoms with Gasteiger partial charge >= 0.3 is 0 Å². The second-order valence-electron chi connectivity index (χ2n) is 5.26. The van der Waals surface area contributed by atoms with Crippen LogP contribution in [0.1, 0.15) is 19.8 Å². The molecule has 2 aliphatic heterocycles. The molecule has 19 heavy (non-hydrogen) atoms. The summed E-state index contributed by atoms with van der Waals surface area (Å²) in [5.41, 5.74) is 0. The van der Waals surface area contributed by atoms with Gasteiger partial charge in [0.05, 0.1) is 12.1 Å². The lowest BCUT2D eigenvalue weighted by Crippen LogP contribution is -2.55. The van der Waals surface area contributed by atoms with Crippen LogP contribution < -0.4 is 10.6 Å². The Morgan fingerprint density at radius 3 is 2.58 bits per heavy atom. The molecule has 2 saturated heterocycles. The van der Waals surface area contributed by atoms with Crippen LogP contribution >= 0.6 is 0 Å². The second-order valence-corrected chi connectivity index (χ2v) is 5.26. The van der Waals surface area contributed by atoms with E-state index < -0.39 is 0 Å². The van der Waals surface area contributed by atoms with E-state index in [1.807, 2.05) is 16.7 Å². The van der Waals surface area contributed by atoms with E-state index >= 15 is 0 Å². The monoisotopic (exact) mass is 268 g/mol. The van der Waals surface area contributed by atoms with Crippen LogP contribution in [-0.2, 0) is 9.59 Å². The normalized spacial score (nSPS) is 26.2. The molecule has 0 radical (unpaired) electrons. The van der Waals surface area contributed by atoms with Gasteiger partial charge in [-0.2, -0.15) is 0 Å². The highest BCUT2D eigenvalue weighted by atomic mass is 16.2. The van der Waals surface area contributed by atoms with Crippen LogP contribution in [0.25, 0.3) is 0 Å². The molecule has 0 aromatic carbocycles. The minimum absolute atomic E-state index is 0.0139. The van der Waals surface area contributed by atoms with Crippen LogP contribution in [0.5, 0.6) is 0 Å². The molecule has 0 aromatic rings. The lowest BCUT2D eigenvalue weighted by Gasteiger charge is -2.34. The Morgan fingerprint density at radius 1 is 1.26 bits per heavy atom. The lowest BCUT2D eigenvalue weighted by molar-refractivity contribution is -0.138. The maximum Gasteiger partial charge on any atom is 0.240 e. The third-order valence-corrected chi connectivity index (χ3v) is 4.13. The molecule has 2 atom stereocenters. The van der Waals surface area contributed by atoms with Gasteiger partial charge in [-0.3, -0.25) is 14.5 Å². The largest absolute Gasteiger partial charge is 0.358 e. The number of hydrogen-bond donors (Lipinski definition) is 2. The summed E-state index contributed by atoms with van der Waals surface area (Å²) in [6.45, 7) is 5.99. The molecule has 0 saturated carbocycles. The molecule has 6 heteroatoms. The molecule has 2 heterocycles. The molecule has 0 aliphatic carbocycles.